The highest BCUT2D eigenvalue weighted by Crippen LogP contribution is 2.11. The Bertz CT molecular complexity index is 243. The van der Waals surface area contributed by atoms with Crippen LogP contribution in [0.5, 0.6) is 0 Å². The summed E-state index contributed by atoms with van der Waals surface area (Å²) in [6, 6.07) is 0.580. The SMILES string of the molecule is CCCN(CC(=O)NCC(C)C)C1CCNCC1.Cl. The number of halogens is 1. The van der Waals surface area contributed by atoms with E-state index in [-0.39, 0.29) is 18.3 Å². The fourth-order valence-electron chi connectivity index (χ4n) is 2.41. The second-order valence-electron chi connectivity index (χ2n) is 5.65. The molecule has 1 aliphatic rings. The second kappa shape index (κ2) is 10.5. The van der Waals surface area contributed by atoms with E-state index in [1.807, 2.05) is 0 Å². The molecule has 5 heteroatoms. The molecular weight excluding hydrogens is 262 g/mol. The Kier molecular flexibility index (Phi) is 10.3. The number of carbonyl (C=O) groups excluding carboxylic acids is 1. The first-order valence-electron chi connectivity index (χ1n) is 7.35. The number of hydrogen-bond donors (Lipinski definition) is 2. The number of nitrogens with one attached hydrogen (secondary N) is 2. The summed E-state index contributed by atoms with van der Waals surface area (Å²) >= 11 is 0. The van der Waals surface area contributed by atoms with Crippen molar-refractivity contribution in [1.29, 1.82) is 0 Å². The summed E-state index contributed by atoms with van der Waals surface area (Å²) in [7, 11) is 0. The van der Waals surface area contributed by atoms with Crippen molar-refractivity contribution >= 4 is 18.3 Å². The number of nitrogens with zero attached hydrogens (tertiary/aromatic N) is 1. The highest BCUT2D eigenvalue weighted by Gasteiger charge is 2.22. The lowest BCUT2D eigenvalue weighted by Gasteiger charge is -2.34. The maximum absolute atomic E-state index is 11.9. The van der Waals surface area contributed by atoms with E-state index in [0.29, 0.717) is 18.5 Å². The average Bonchev–Trinajstić information content (AvgIpc) is 2.37. The van der Waals surface area contributed by atoms with E-state index in [4.69, 9.17) is 0 Å². The van der Waals surface area contributed by atoms with Crippen LogP contribution in [0.2, 0.25) is 0 Å². The highest BCUT2D eigenvalue weighted by atomic mass is 35.5. The van der Waals surface area contributed by atoms with Crippen molar-refractivity contribution in [2.45, 2.75) is 46.1 Å². The van der Waals surface area contributed by atoms with E-state index in [9.17, 15) is 4.79 Å². The van der Waals surface area contributed by atoms with Gasteiger partial charge in [-0.15, -0.1) is 12.4 Å². The maximum atomic E-state index is 11.9. The Morgan fingerprint density at radius 1 is 1.37 bits per heavy atom. The van der Waals surface area contributed by atoms with Gasteiger partial charge in [0.2, 0.25) is 5.91 Å². The zero-order valence-corrected chi connectivity index (χ0v) is 13.4. The van der Waals surface area contributed by atoms with Gasteiger partial charge >= 0.3 is 0 Å². The number of hydrogen-bond acceptors (Lipinski definition) is 3. The molecule has 1 heterocycles. The van der Waals surface area contributed by atoms with Crippen LogP contribution < -0.4 is 10.6 Å². The minimum atomic E-state index is 0. The van der Waals surface area contributed by atoms with Gasteiger partial charge in [0.05, 0.1) is 6.54 Å². The van der Waals surface area contributed by atoms with Crippen LogP contribution in [0.1, 0.15) is 40.0 Å². The van der Waals surface area contributed by atoms with Gasteiger partial charge in [0.15, 0.2) is 0 Å². The van der Waals surface area contributed by atoms with Crippen LogP contribution in [-0.2, 0) is 4.79 Å². The zero-order valence-electron chi connectivity index (χ0n) is 12.6. The van der Waals surface area contributed by atoms with Gasteiger partial charge in [0.1, 0.15) is 0 Å². The lowest BCUT2D eigenvalue weighted by Crippen LogP contribution is -2.47. The van der Waals surface area contributed by atoms with Crippen molar-refractivity contribution in [3.63, 3.8) is 0 Å². The van der Waals surface area contributed by atoms with Crippen molar-refractivity contribution < 1.29 is 4.79 Å². The van der Waals surface area contributed by atoms with Gasteiger partial charge in [0, 0.05) is 12.6 Å². The topological polar surface area (TPSA) is 44.4 Å². The van der Waals surface area contributed by atoms with Crippen molar-refractivity contribution in [3.8, 4) is 0 Å². The third-order valence-corrected chi connectivity index (χ3v) is 3.39. The molecule has 0 radical (unpaired) electrons. The first-order valence-corrected chi connectivity index (χ1v) is 7.35. The molecule has 0 aromatic heterocycles. The van der Waals surface area contributed by atoms with E-state index in [2.05, 4.69) is 36.3 Å². The van der Waals surface area contributed by atoms with Crippen LogP contribution in [0.4, 0.5) is 0 Å². The maximum Gasteiger partial charge on any atom is 0.234 e. The molecule has 1 saturated heterocycles. The molecule has 4 nitrogen and oxygen atoms in total. The van der Waals surface area contributed by atoms with Crippen LogP contribution in [0.25, 0.3) is 0 Å². The predicted octanol–water partition coefficient (Wildman–Crippen LogP) is 1.64. The molecule has 0 aromatic rings. The summed E-state index contributed by atoms with van der Waals surface area (Å²) in [5.74, 6) is 0.697. The molecule has 19 heavy (non-hydrogen) atoms. The Hall–Kier alpha value is -0.320. The molecule has 0 atom stereocenters. The number of rotatable bonds is 7. The monoisotopic (exact) mass is 291 g/mol. The van der Waals surface area contributed by atoms with Crippen LogP contribution in [0.15, 0.2) is 0 Å². The predicted molar refractivity (Wildman–Crippen MR) is 82.9 cm³/mol. The molecule has 1 fully saturated rings. The molecule has 1 rings (SSSR count). The molecule has 0 spiro atoms. The van der Waals surface area contributed by atoms with E-state index in [1.165, 1.54) is 0 Å². The van der Waals surface area contributed by atoms with E-state index in [1.54, 1.807) is 0 Å². The van der Waals surface area contributed by atoms with Crippen molar-refractivity contribution in [1.82, 2.24) is 15.5 Å². The van der Waals surface area contributed by atoms with Gasteiger partial charge in [0.25, 0.3) is 0 Å². The Labute approximate surface area is 124 Å². The number of piperidine rings is 1. The fraction of sp³-hybridized carbons (Fsp3) is 0.929. The zero-order chi connectivity index (χ0) is 13.4. The van der Waals surface area contributed by atoms with Gasteiger partial charge in [-0.3, -0.25) is 9.69 Å². The summed E-state index contributed by atoms with van der Waals surface area (Å²) in [5.41, 5.74) is 0. The summed E-state index contributed by atoms with van der Waals surface area (Å²) < 4.78 is 0. The summed E-state index contributed by atoms with van der Waals surface area (Å²) in [6.45, 7) is 11.0. The van der Waals surface area contributed by atoms with Gasteiger partial charge < -0.3 is 10.6 Å². The first-order chi connectivity index (χ1) is 8.63. The van der Waals surface area contributed by atoms with Crippen LogP contribution in [0, 0.1) is 5.92 Å². The Morgan fingerprint density at radius 2 is 2.00 bits per heavy atom. The van der Waals surface area contributed by atoms with Gasteiger partial charge in [-0.1, -0.05) is 20.8 Å². The Balaban J connectivity index is 0.00000324. The molecule has 0 bridgehead atoms. The lowest BCUT2D eigenvalue weighted by molar-refractivity contribution is -0.123. The summed E-state index contributed by atoms with van der Waals surface area (Å²) in [6.07, 6.45) is 3.44. The molecule has 114 valence electrons. The van der Waals surface area contributed by atoms with Gasteiger partial charge in [-0.25, -0.2) is 0 Å². The third-order valence-electron chi connectivity index (χ3n) is 3.39. The molecule has 1 aliphatic heterocycles. The summed E-state index contributed by atoms with van der Waals surface area (Å²) in [4.78, 5) is 14.3. The third kappa shape index (κ3) is 7.75. The summed E-state index contributed by atoms with van der Waals surface area (Å²) in [5, 5.41) is 6.39. The largest absolute Gasteiger partial charge is 0.355 e. The van der Waals surface area contributed by atoms with Crippen LogP contribution in [0.3, 0.4) is 0 Å². The molecule has 1 amide bonds. The quantitative estimate of drug-likeness (QED) is 0.750. The fourth-order valence-corrected chi connectivity index (χ4v) is 2.41. The molecule has 2 N–H and O–H groups in total. The minimum Gasteiger partial charge on any atom is -0.355 e. The molecule has 0 aliphatic carbocycles. The van der Waals surface area contributed by atoms with E-state index < -0.39 is 0 Å². The molecule has 0 unspecified atom stereocenters. The number of amides is 1. The molecule has 0 aromatic carbocycles. The van der Waals surface area contributed by atoms with Crippen molar-refractivity contribution in [2.24, 2.45) is 5.92 Å². The van der Waals surface area contributed by atoms with Gasteiger partial charge in [-0.05, 0) is 44.8 Å². The number of carbonyl (C=O) groups is 1. The van der Waals surface area contributed by atoms with Crippen molar-refractivity contribution in [3.05, 3.63) is 0 Å². The van der Waals surface area contributed by atoms with Crippen LogP contribution in [-0.4, -0.2) is 49.6 Å². The second-order valence-corrected chi connectivity index (χ2v) is 5.65. The van der Waals surface area contributed by atoms with Crippen molar-refractivity contribution in [2.75, 3.05) is 32.7 Å². The highest BCUT2D eigenvalue weighted by molar-refractivity contribution is 5.85. The lowest BCUT2D eigenvalue weighted by atomic mass is 10.0. The normalized spacial score (nSPS) is 16.5. The Morgan fingerprint density at radius 3 is 2.53 bits per heavy atom. The minimum absolute atomic E-state index is 0. The molecular formula is C14H30ClN3O. The van der Waals surface area contributed by atoms with Crippen LogP contribution >= 0.6 is 12.4 Å². The smallest absolute Gasteiger partial charge is 0.234 e. The first kappa shape index (κ1) is 18.7. The van der Waals surface area contributed by atoms with Gasteiger partial charge in [-0.2, -0.15) is 0 Å². The van der Waals surface area contributed by atoms with E-state index >= 15 is 0 Å². The molecule has 0 saturated carbocycles. The average molecular weight is 292 g/mol. The standard InChI is InChI=1S/C14H29N3O.ClH/c1-4-9-17(13-5-7-15-8-6-13)11-14(18)16-10-12(2)3;/h12-13,15H,4-11H2,1-3H3,(H,16,18);1H. The van der Waals surface area contributed by atoms with E-state index in [0.717, 1.165) is 45.4 Å².